The van der Waals surface area contributed by atoms with Crippen molar-refractivity contribution in [2.24, 2.45) is 0 Å². The van der Waals surface area contributed by atoms with Crippen LogP contribution < -0.4 is 4.74 Å². The molecular formula is C28H30N2O7. The minimum atomic E-state index is -1.82. The number of nitrogens with zero attached hydrogens (tertiary/aromatic N) is 1. The SMILES string of the molecule is O=C(O)C(=O)O.Oc1ccc2cc(C3(O)CCN(CCCOc4cccc5[nH]ccc45)CC3)ccc2c1. The summed E-state index contributed by atoms with van der Waals surface area (Å²) in [6.07, 6.45) is 4.34. The fourth-order valence-electron chi connectivity index (χ4n) is 4.61. The number of aliphatic hydroxyl groups is 1. The number of carboxylic acids is 2. The van der Waals surface area contributed by atoms with E-state index in [1.165, 1.54) is 0 Å². The molecule has 1 fully saturated rings. The third-order valence-corrected chi connectivity index (χ3v) is 6.66. The van der Waals surface area contributed by atoms with Crippen LogP contribution in [0.5, 0.6) is 11.5 Å². The fraction of sp³-hybridized carbons (Fsp3) is 0.286. The van der Waals surface area contributed by atoms with Crippen LogP contribution in [0.25, 0.3) is 21.7 Å². The lowest BCUT2D eigenvalue weighted by Gasteiger charge is -2.38. The number of phenolic OH excluding ortho intramolecular Hbond substituents is 1. The van der Waals surface area contributed by atoms with E-state index in [9.17, 15) is 10.2 Å². The molecule has 0 unspecified atom stereocenters. The molecule has 0 radical (unpaired) electrons. The number of fused-ring (bicyclic) bond motifs is 2. The molecule has 9 heteroatoms. The van der Waals surface area contributed by atoms with Crippen LogP contribution in [0.2, 0.25) is 0 Å². The van der Waals surface area contributed by atoms with Crippen LogP contribution in [0.1, 0.15) is 24.8 Å². The predicted octanol–water partition coefficient (Wildman–Crippen LogP) is 3.93. The lowest BCUT2D eigenvalue weighted by molar-refractivity contribution is -0.159. The molecule has 5 rings (SSSR count). The van der Waals surface area contributed by atoms with E-state index in [-0.39, 0.29) is 5.75 Å². The standard InChI is InChI=1S/C26H28N2O3.C2H2O4/c29-22-8-6-19-17-21(7-5-20(19)18-22)26(30)10-14-28(15-11-26)13-2-16-31-25-4-1-3-24-23(25)9-12-27-24;3-1(4)2(5)6/h1,3-9,12,17-18,27,29-30H,2,10-11,13-16H2;(H,3,4)(H,5,6). The molecule has 0 bridgehead atoms. The summed E-state index contributed by atoms with van der Waals surface area (Å²) in [7, 11) is 0. The van der Waals surface area contributed by atoms with Crippen molar-refractivity contribution in [2.75, 3.05) is 26.2 Å². The molecule has 0 saturated carbocycles. The summed E-state index contributed by atoms with van der Waals surface area (Å²) in [6, 6.07) is 19.5. The van der Waals surface area contributed by atoms with Crippen molar-refractivity contribution in [1.82, 2.24) is 9.88 Å². The van der Waals surface area contributed by atoms with Crippen LogP contribution >= 0.6 is 0 Å². The molecule has 1 aromatic heterocycles. The summed E-state index contributed by atoms with van der Waals surface area (Å²) < 4.78 is 6.01. The third-order valence-electron chi connectivity index (χ3n) is 6.66. The Bertz CT molecular complexity index is 1380. The van der Waals surface area contributed by atoms with Gasteiger partial charge in [0.15, 0.2) is 0 Å². The second-order valence-corrected chi connectivity index (χ2v) is 9.13. The number of ether oxygens (including phenoxy) is 1. The number of phenols is 1. The van der Waals surface area contributed by atoms with Gasteiger partial charge in [0.25, 0.3) is 0 Å². The van der Waals surface area contributed by atoms with Gasteiger partial charge >= 0.3 is 11.9 Å². The zero-order valence-electron chi connectivity index (χ0n) is 20.3. The molecular weight excluding hydrogens is 476 g/mol. The van der Waals surface area contributed by atoms with Crippen LogP contribution in [0, 0.1) is 0 Å². The number of aromatic amines is 1. The van der Waals surface area contributed by atoms with Gasteiger partial charge in [0.2, 0.25) is 0 Å². The second kappa shape index (κ2) is 11.3. The Morgan fingerprint density at radius 1 is 0.946 bits per heavy atom. The van der Waals surface area contributed by atoms with Gasteiger partial charge in [-0.1, -0.05) is 24.3 Å². The van der Waals surface area contributed by atoms with Crippen LogP contribution in [0.4, 0.5) is 0 Å². The van der Waals surface area contributed by atoms with Crippen molar-refractivity contribution in [2.45, 2.75) is 24.9 Å². The largest absolute Gasteiger partial charge is 0.508 e. The highest BCUT2D eigenvalue weighted by molar-refractivity contribution is 6.27. The van der Waals surface area contributed by atoms with Gasteiger partial charge in [0.05, 0.1) is 12.2 Å². The van der Waals surface area contributed by atoms with Crippen molar-refractivity contribution in [3.05, 3.63) is 72.4 Å². The predicted molar refractivity (Wildman–Crippen MR) is 139 cm³/mol. The number of carboxylic acid groups (broad SMARTS) is 2. The second-order valence-electron chi connectivity index (χ2n) is 9.13. The van der Waals surface area contributed by atoms with Gasteiger partial charge < -0.3 is 35.0 Å². The number of rotatable bonds is 6. The Labute approximate surface area is 213 Å². The highest BCUT2D eigenvalue weighted by Gasteiger charge is 2.33. The Balaban J connectivity index is 0.000000480. The number of hydrogen-bond donors (Lipinski definition) is 5. The molecule has 9 nitrogen and oxygen atoms in total. The molecule has 1 aliphatic rings. The minimum Gasteiger partial charge on any atom is -0.508 e. The van der Waals surface area contributed by atoms with E-state index >= 15 is 0 Å². The molecule has 0 aliphatic carbocycles. The topological polar surface area (TPSA) is 143 Å². The summed E-state index contributed by atoms with van der Waals surface area (Å²) in [5, 5.41) is 38.9. The monoisotopic (exact) mass is 506 g/mol. The van der Waals surface area contributed by atoms with E-state index in [2.05, 4.69) is 22.0 Å². The number of H-pyrrole nitrogens is 1. The summed E-state index contributed by atoms with van der Waals surface area (Å²) in [5.41, 5.74) is 1.27. The maximum absolute atomic E-state index is 11.3. The zero-order chi connectivity index (χ0) is 26.4. The minimum absolute atomic E-state index is 0.265. The molecule has 0 spiro atoms. The van der Waals surface area contributed by atoms with Gasteiger partial charge in [-0.05, 0) is 72.0 Å². The van der Waals surface area contributed by atoms with Crippen molar-refractivity contribution < 1.29 is 34.8 Å². The van der Waals surface area contributed by atoms with E-state index in [4.69, 9.17) is 24.5 Å². The number of likely N-dealkylation sites (tertiary alicyclic amines) is 1. The first-order valence-corrected chi connectivity index (χ1v) is 12.1. The lowest BCUT2D eigenvalue weighted by Crippen LogP contribution is -2.43. The maximum atomic E-state index is 11.3. The first-order chi connectivity index (χ1) is 17.7. The van der Waals surface area contributed by atoms with Crippen LogP contribution in [-0.2, 0) is 15.2 Å². The van der Waals surface area contributed by atoms with Crippen molar-refractivity contribution in [3.8, 4) is 11.5 Å². The number of benzene rings is 3. The van der Waals surface area contributed by atoms with E-state index in [0.29, 0.717) is 6.61 Å². The maximum Gasteiger partial charge on any atom is 0.414 e. The number of carbonyl (C=O) groups is 2. The van der Waals surface area contributed by atoms with E-state index in [1.54, 1.807) is 12.1 Å². The van der Waals surface area contributed by atoms with Gasteiger partial charge in [-0.2, -0.15) is 0 Å². The number of nitrogens with one attached hydrogen (secondary N) is 1. The first-order valence-electron chi connectivity index (χ1n) is 12.1. The smallest absolute Gasteiger partial charge is 0.414 e. The molecule has 194 valence electrons. The molecule has 2 heterocycles. The Morgan fingerprint density at radius 2 is 1.65 bits per heavy atom. The van der Waals surface area contributed by atoms with Crippen molar-refractivity contribution in [3.63, 3.8) is 0 Å². The van der Waals surface area contributed by atoms with Crippen LogP contribution in [0.3, 0.4) is 0 Å². The molecule has 37 heavy (non-hydrogen) atoms. The van der Waals surface area contributed by atoms with Gasteiger partial charge in [-0.3, -0.25) is 0 Å². The first kappa shape index (κ1) is 26.0. The molecule has 3 aromatic carbocycles. The third kappa shape index (κ3) is 6.38. The molecule has 0 amide bonds. The number of hydrogen-bond acceptors (Lipinski definition) is 6. The van der Waals surface area contributed by atoms with Crippen molar-refractivity contribution >= 4 is 33.6 Å². The van der Waals surface area contributed by atoms with E-state index in [1.807, 2.05) is 42.6 Å². The van der Waals surface area contributed by atoms with E-state index < -0.39 is 17.5 Å². The molecule has 1 saturated heterocycles. The average molecular weight is 507 g/mol. The van der Waals surface area contributed by atoms with Crippen LogP contribution in [0.15, 0.2) is 66.9 Å². The molecule has 1 aliphatic heterocycles. The summed E-state index contributed by atoms with van der Waals surface area (Å²) in [6.45, 7) is 3.40. The molecule has 5 N–H and O–H groups in total. The van der Waals surface area contributed by atoms with Crippen molar-refractivity contribution in [1.29, 1.82) is 0 Å². The summed E-state index contributed by atoms with van der Waals surface area (Å²) in [4.78, 5) is 23.8. The summed E-state index contributed by atoms with van der Waals surface area (Å²) >= 11 is 0. The highest BCUT2D eigenvalue weighted by Crippen LogP contribution is 2.35. The van der Waals surface area contributed by atoms with Gasteiger partial charge in [-0.15, -0.1) is 0 Å². The zero-order valence-corrected chi connectivity index (χ0v) is 20.3. The number of piperidine rings is 1. The fourth-order valence-corrected chi connectivity index (χ4v) is 4.61. The Morgan fingerprint density at radius 3 is 2.38 bits per heavy atom. The Kier molecular flexibility index (Phi) is 7.95. The van der Waals surface area contributed by atoms with E-state index in [0.717, 1.165) is 71.9 Å². The van der Waals surface area contributed by atoms with Gasteiger partial charge in [-0.25, -0.2) is 9.59 Å². The Hall–Kier alpha value is -4.08. The normalized spacial score (nSPS) is 15.2. The average Bonchev–Trinajstić information content (AvgIpc) is 3.37. The lowest BCUT2D eigenvalue weighted by atomic mass is 9.83. The van der Waals surface area contributed by atoms with Gasteiger partial charge in [0, 0.05) is 36.7 Å². The number of aromatic hydroxyl groups is 1. The van der Waals surface area contributed by atoms with Gasteiger partial charge in [0.1, 0.15) is 11.5 Å². The highest BCUT2D eigenvalue weighted by atomic mass is 16.5. The van der Waals surface area contributed by atoms with Crippen LogP contribution in [-0.4, -0.2) is 68.5 Å². The number of aromatic nitrogens is 1. The summed E-state index contributed by atoms with van der Waals surface area (Å²) in [5.74, 6) is -2.46. The quantitative estimate of drug-likeness (QED) is 0.195. The molecule has 0 atom stereocenters. The molecule has 4 aromatic rings. The number of aliphatic carboxylic acids is 2.